The van der Waals surface area contributed by atoms with E-state index in [4.69, 9.17) is 9.84 Å². The van der Waals surface area contributed by atoms with Crippen molar-refractivity contribution in [1.29, 1.82) is 0 Å². The second kappa shape index (κ2) is 6.91. The van der Waals surface area contributed by atoms with Crippen LogP contribution in [0.3, 0.4) is 0 Å². The molecule has 0 atom stereocenters. The van der Waals surface area contributed by atoms with Crippen molar-refractivity contribution >= 4 is 11.0 Å². The molecule has 0 saturated carbocycles. The maximum Gasteiger partial charge on any atom is 0.186 e. The number of hydrogen-bond donors (Lipinski definition) is 2. The molecular formula is C16H19N3O3. The Balaban J connectivity index is 0.000000847. The number of aliphatic hydroxyl groups is 1. The highest BCUT2D eigenvalue weighted by Crippen LogP contribution is 2.30. The van der Waals surface area contributed by atoms with Gasteiger partial charge in [-0.05, 0) is 30.7 Å². The molecule has 0 unspecified atom stereocenters. The molecule has 2 aromatic carbocycles. The predicted molar refractivity (Wildman–Crippen MR) is 84.3 cm³/mol. The van der Waals surface area contributed by atoms with E-state index in [9.17, 15) is 5.11 Å². The minimum Gasteiger partial charge on any atom is -0.505 e. The van der Waals surface area contributed by atoms with Crippen LogP contribution in [0.2, 0.25) is 0 Å². The first-order chi connectivity index (χ1) is 10.7. The summed E-state index contributed by atoms with van der Waals surface area (Å²) in [5.41, 5.74) is 2.49. The number of phenolic OH excluding ortho intramolecular Hbond substituents is 1. The first kappa shape index (κ1) is 15.8. The highest BCUT2D eigenvalue weighted by molar-refractivity contribution is 5.73. The maximum absolute atomic E-state index is 10.1. The normalized spacial score (nSPS) is 10.2. The van der Waals surface area contributed by atoms with Crippen LogP contribution < -0.4 is 4.74 Å². The molecule has 0 aliphatic carbocycles. The van der Waals surface area contributed by atoms with Gasteiger partial charge in [-0.25, -0.2) is 0 Å². The van der Waals surface area contributed by atoms with Crippen molar-refractivity contribution in [2.75, 3.05) is 6.79 Å². The third kappa shape index (κ3) is 3.01. The van der Waals surface area contributed by atoms with Crippen molar-refractivity contribution in [3.8, 4) is 17.2 Å². The van der Waals surface area contributed by atoms with Gasteiger partial charge in [-0.2, -0.15) is 0 Å². The number of phenols is 1. The Bertz CT molecular complexity index is 735. The summed E-state index contributed by atoms with van der Waals surface area (Å²) < 4.78 is 5.05. The highest BCUT2D eigenvalue weighted by Gasteiger charge is 2.13. The molecule has 1 heterocycles. The summed E-state index contributed by atoms with van der Waals surface area (Å²) in [5, 5.41) is 27.6. The van der Waals surface area contributed by atoms with Gasteiger partial charge in [0.05, 0.1) is 0 Å². The zero-order valence-electron chi connectivity index (χ0n) is 12.8. The van der Waals surface area contributed by atoms with Crippen LogP contribution in [0, 0.1) is 6.92 Å². The molecule has 0 aliphatic heterocycles. The Morgan fingerprint density at radius 3 is 2.23 bits per heavy atom. The number of rotatable bonds is 3. The number of aliphatic hydroxyl groups excluding tert-OH is 1. The molecule has 3 rings (SSSR count). The van der Waals surface area contributed by atoms with Crippen molar-refractivity contribution in [2.45, 2.75) is 20.8 Å². The van der Waals surface area contributed by atoms with E-state index in [1.807, 2.05) is 38.1 Å². The van der Waals surface area contributed by atoms with Gasteiger partial charge in [0.25, 0.3) is 0 Å². The molecule has 0 bridgehead atoms. The highest BCUT2D eigenvalue weighted by atomic mass is 16.6. The van der Waals surface area contributed by atoms with Gasteiger partial charge in [0.2, 0.25) is 0 Å². The Labute approximate surface area is 128 Å². The van der Waals surface area contributed by atoms with E-state index in [1.165, 1.54) is 4.80 Å². The van der Waals surface area contributed by atoms with Crippen molar-refractivity contribution in [1.82, 2.24) is 15.0 Å². The first-order valence-corrected chi connectivity index (χ1v) is 7.09. The lowest BCUT2D eigenvalue weighted by molar-refractivity contribution is 0.0984. The van der Waals surface area contributed by atoms with Crippen LogP contribution in [0.1, 0.15) is 19.4 Å². The number of fused-ring (bicyclic) bond motifs is 1. The summed E-state index contributed by atoms with van der Waals surface area (Å²) in [7, 11) is 0. The van der Waals surface area contributed by atoms with Crippen molar-refractivity contribution < 1.29 is 14.9 Å². The van der Waals surface area contributed by atoms with Crippen LogP contribution in [0.25, 0.3) is 16.7 Å². The second-order valence-electron chi connectivity index (χ2n) is 4.36. The number of hydrogen-bond acceptors (Lipinski definition) is 5. The number of aromatic hydroxyl groups is 1. The van der Waals surface area contributed by atoms with Crippen LogP contribution in [-0.2, 0) is 0 Å². The fraction of sp³-hybridized carbons (Fsp3) is 0.250. The lowest BCUT2D eigenvalue weighted by atomic mass is 10.2. The third-order valence-electron chi connectivity index (χ3n) is 2.99. The predicted octanol–water partition coefficient (Wildman–Crippen LogP) is 2.79. The summed E-state index contributed by atoms with van der Waals surface area (Å²) in [6.07, 6.45) is 0. The van der Waals surface area contributed by atoms with Crippen molar-refractivity contribution in [2.24, 2.45) is 0 Å². The minimum absolute atomic E-state index is 0.0793. The number of aromatic nitrogens is 3. The van der Waals surface area contributed by atoms with E-state index in [-0.39, 0.29) is 5.75 Å². The molecule has 0 aliphatic rings. The van der Waals surface area contributed by atoms with E-state index in [0.717, 1.165) is 11.0 Å². The summed E-state index contributed by atoms with van der Waals surface area (Å²) in [4.78, 5) is 1.36. The van der Waals surface area contributed by atoms with E-state index in [1.54, 1.807) is 19.1 Å². The quantitative estimate of drug-likeness (QED) is 0.727. The number of benzene rings is 2. The van der Waals surface area contributed by atoms with Crippen LogP contribution >= 0.6 is 0 Å². The Morgan fingerprint density at radius 2 is 1.68 bits per heavy atom. The average molecular weight is 301 g/mol. The molecule has 0 spiro atoms. The van der Waals surface area contributed by atoms with Gasteiger partial charge in [-0.3, -0.25) is 0 Å². The zero-order valence-corrected chi connectivity index (χ0v) is 12.8. The van der Waals surface area contributed by atoms with Crippen LogP contribution in [0.15, 0.2) is 36.4 Å². The van der Waals surface area contributed by atoms with Crippen LogP contribution in [0.5, 0.6) is 11.5 Å². The third-order valence-corrected chi connectivity index (χ3v) is 2.99. The number of ether oxygens (including phenoxy) is 1. The molecule has 6 heteroatoms. The molecule has 0 saturated heterocycles. The number of nitrogens with zero attached hydrogens (tertiary/aromatic N) is 3. The van der Waals surface area contributed by atoms with Crippen molar-refractivity contribution in [3.63, 3.8) is 0 Å². The molecular weight excluding hydrogens is 282 g/mol. The standard InChI is InChI=1S/C14H13N3O3.C2H6/c1-9-6-10(20-8-18)7-13(14(9)19)17-15-11-4-2-3-5-12(11)16-17;1-2/h2-7,18-19H,8H2,1H3;1-2H3. The largest absolute Gasteiger partial charge is 0.505 e. The zero-order chi connectivity index (χ0) is 16.1. The molecule has 0 radical (unpaired) electrons. The molecule has 6 nitrogen and oxygen atoms in total. The maximum atomic E-state index is 10.1. The van der Waals surface area contributed by atoms with E-state index < -0.39 is 6.79 Å². The first-order valence-electron chi connectivity index (χ1n) is 7.09. The average Bonchev–Trinajstić information content (AvgIpc) is 2.96. The van der Waals surface area contributed by atoms with Crippen LogP contribution in [-0.4, -0.2) is 32.0 Å². The van der Waals surface area contributed by atoms with E-state index >= 15 is 0 Å². The van der Waals surface area contributed by atoms with E-state index in [0.29, 0.717) is 17.0 Å². The molecule has 22 heavy (non-hydrogen) atoms. The Kier molecular flexibility index (Phi) is 4.95. The molecule has 0 fully saturated rings. The fourth-order valence-electron chi connectivity index (χ4n) is 2.01. The lowest BCUT2D eigenvalue weighted by Crippen LogP contribution is -2.02. The van der Waals surface area contributed by atoms with Gasteiger partial charge >= 0.3 is 0 Å². The van der Waals surface area contributed by atoms with Crippen molar-refractivity contribution in [3.05, 3.63) is 42.0 Å². The van der Waals surface area contributed by atoms with E-state index in [2.05, 4.69) is 10.2 Å². The van der Waals surface area contributed by atoms with Gasteiger partial charge in [0.15, 0.2) is 6.79 Å². The van der Waals surface area contributed by atoms with Gasteiger partial charge in [0.1, 0.15) is 28.2 Å². The SMILES string of the molecule is CC.Cc1cc(OCO)cc(-n2nc3ccccc3n2)c1O. The minimum atomic E-state index is -0.432. The van der Waals surface area contributed by atoms with Gasteiger partial charge in [-0.1, -0.05) is 26.0 Å². The molecule has 116 valence electrons. The van der Waals surface area contributed by atoms with Gasteiger partial charge < -0.3 is 14.9 Å². The van der Waals surface area contributed by atoms with Gasteiger partial charge in [0, 0.05) is 6.07 Å². The summed E-state index contributed by atoms with van der Waals surface area (Å²) in [5.74, 6) is 0.523. The molecule has 1 aromatic heterocycles. The Morgan fingerprint density at radius 1 is 1.09 bits per heavy atom. The number of aryl methyl sites for hydroxylation is 1. The summed E-state index contributed by atoms with van der Waals surface area (Å²) in [6.45, 7) is 5.31. The molecule has 0 amide bonds. The van der Waals surface area contributed by atoms with Gasteiger partial charge in [-0.15, -0.1) is 15.0 Å². The summed E-state index contributed by atoms with van der Waals surface area (Å²) in [6, 6.07) is 10.7. The lowest BCUT2D eigenvalue weighted by Gasteiger charge is -2.09. The summed E-state index contributed by atoms with van der Waals surface area (Å²) >= 11 is 0. The Hall–Kier alpha value is -2.60. The van der Waals surface area contributed by atoms with Crippen LogP contribution in [0.4, 0.5) is 0 Å². The second-order valence-corrected chi connectivity index (χ2v) is 4.36. The topological polar surface area (TPSA) is 80.4 Å². The smallest absolute Gasteiger partial charge is 0.186 e. The molecule has 2 N–H and O–H groups in total. The monoisotopic (exact) mass is 301 g/mol. The molecule has 3 aromatic rings. The fourth-order valence-corrected chi connectivity index (χ4v) is 2.01.